The summed E-state index contributed by atoms with van der Waals surface area (Å²) in [5.41, 5.74) is 0.501. The number of fused-ring (bicyclic) bond motifs is 3. The molecule has 1 aromatic carbocycles. The average Bonchev–Trinajstić information content (AvgIpc) is 3.07. The summed E-state index contributed by atoms with van der Waals surface area (Å²) in [7, 11) is 1.45. The summed E-state index contributed by atoms with van der Waals surface area (Å²) in [5.74, 6) is -4.77. The van der Waals surface area contributed by atoms with Crippen LogP contribution in [0.5, 0.6) is 5.75 Å². The normalized spacial score (nSPS) is 39.2. The fourth-order valence-electron chi connectivity index (χ4n) is 4.83. The largest absolute Gasteiger partial charge is 0.508 e. The van der Waals surface area contributed by atoms with E-state index in [9.17, 15) is 24.9 Å². The van der Waals surface area contributed by atoms with E-state index in [-0.39, 0.29) is 37.0 Å². The molecule has 0 spiro atoms. The summed E-state index contributed by atoms with van der Waals surface area (Å²) in [5, 5.41) is 31.2. The van der Waals surface area contributed by atoms with Crippen LogP contribution >= 0.6 is 15.9 Å². The Balaban J connectivity index is 1.75. The zero-order chi connectivity index (χ0) is 18.8. The van der Waals surface area contributed by atoms with Crippen LogP contribution in [0, 0.1) is 23.7 Å². The summed E-state index contributed by atoms with van der Waals surface area (Å²) < 4.78 is 6.69. The van der Waals surface area contributed by atoms with Crippen molar-refractivity contribution in [3.05, 3.63) is 28.2 Å². The predicted molar refractivity (Wildman–Crippen MR) is 92.6 cm³/mol. The van der Waals surface area contributed by atoms with E-state index in [0.717, 1.165) is 9.37 Å². The molecule has 1 aromatic rings. The van der Waals surface area contributed by atoms with E-state index in [1.54, 1.807) is 12.1 Å². The van der Waals surface area contributed by atoms with Gasteiger partial charge in [-0.05, 0) is 31.0 Å². The molecule has 0 aromatic heterocycles. The van der Waals surface area contributed by atoms with Gasteiger partial charge in [0.25, 0.3) is 0 Å². The highest BCUT2D eigenvalue weighted by molar-refractivity contribution is 9.10. The lowest BCUT2D eigenvalue weighted by atomic mass is 9.64. The van der Waals surface area contributed by atoms with Gasteiger partial charge in [-0.25, -0.2) is 0 Å². The Hall–Kier alpha value is -1.48. The summed E-state index contributed by atoms with van der Waals surface area (Å²) >= 11 is 3.35. The highest BCUT2D eigenvalue weighted by Crippen LogP contribution is 2.58. The van der Waals surface area contributed by atoms with Gasteiger partial charge in [-0.2, -0.15) is 0 Å². The van der Waals surface area contributed by atoms with Crippen molar-refractivity contribution in [3.8, 4) is 5.75 Å². The van der Waals surface area contributed by atoms with Gasteiger partial charge in [0.1, 0.15) is 5.75 Å². The lowest BCUT2D eigenvalue weighted by Gasteiger charge is -2.44. The molecule has 4 rings (SSSR count). The van der Waals surface area contributed by atoms with Gasteiger partial charge in [0, 0.05) is 28.9 Å². The van der Waals surface area contributed by atoms with Gasteiger partial charge in [-0.1, -0.05) is 15.9 Å². The van der Waals surface area contributed by atoms with Gasteiger partial charge in [-0.15, -0.1) is 0 Å². The first kappa shape index (κ1) is 17.9. The maximum absolute atomic E-state index is 12.6. The van der Waals surface area contributed by atoms with E-state index in [4.69, 9.17) is 4.74 Å². The standard InChI is InChI=1S/C18H20BrNO6/c1-20-16(23)11-4-8(7-21)18(25)12(15(11)17(20)24)6-14(26-18)10-5-9(19)2-3-13(10)22/h2-3,5,8,11-12,14-15,21-22,25H,4,6-7H2,1H3/t8-,11+,12+,14+,15+,18-/m1/s1. The lowest BCUT2D eigenvalue weighted by Crippen LogP contribution is -2.54. The maximum Gasteiger partial charge on any atom is 0.233 e. The van der Waals surface area contributed by atoms with Gasteiger partial charge >= 0.3 is 0 Å². The van der Waals surface area contributed by atoms with E-state index in [2.05, 4.69) is 15.9 Å². The Labute approximate surface area is 158 Å². The monoisotopic (exact) mass is 425 g/mol. The molecule has 8 heteroatoms. The third-order valence-corrected chi connectivity index (χ3v) is 6.63. The number of imide groups is 1. The molecular weight excluding hydrogens is 406 g/mol. The van der Waals surface area contributed by atoms with Crippen LogP contribution in [-0.2, 0) is 14.3 Å². The summed E-state index contributed by atoms with van der Waals surface area (Å²) in [6, 6.07) is 4.93. The number of halogens is 1. The zero-order valence-corrected chi connectivity index (χ0v) is 15.7. The van der Waals surface area contributed by atoms with E-state index < -0.39 is 35.6 Å². The number of phenolic OH excluding ortho intramolecular Hbond substituents is 1. The third-order valence-electron chi connectivity index (χ3n) is 6.14. The van der Waals surface area contributed by atoms with Crippen molar-refractivity contribution in [3.63, 3.8) is 0 Å². The Bertz CT molecular complexity index is 785. The number of hydrogen-bond donors (Lipinski definition) is 3. The number of ether oxygens (including phenoxy) is 1. The van der Waals surface area contributed by atoms with Crippen molar-refractivity contribution >= 4 is 27.7 Å². The Kier molecular flexibility index (Phi) is 4.15. The quantitative estimate of drug-likeness (QED) is 0.613. The van der Waals surface area contributed by atoms with Crippen LogP contribution in [-0.4, -0.2) is 51.5 Å². The van der Waals surface area contributed by atoms with E-state index in [0.29, 0.717) is 5.56 Å². The molecule has 2 heterocycles. The molecule has 0 unspecified atom stereocenters. The van der Waals surface area contributed by atoms with Crippen LogP contribution < -0.4 is 0 Å². The Morgan fingerprint density at radius 2 is 2.04 bits per heavy atom. The highest BCUT2D eigenvalue weighted by atomic mass is 79.9. The molecule has 140 valence electrons. The molecule has 1 aliphatic carbocycles. The molecule has 2 amide bonds. The molecule has 3 N–H and O–H groups in total. The third kappa shape index (κ3) is 2.36. The van der Waals surface area contributed by atoms with Crippen LogP contribution in [0.4, 0.5) is 0 Å². The van der Waals surface area contributed by atoms with E-state index in [1.165, 1.54) is 13.1 Å². The van der Waals surface area contributed by atoms with Crippen molar-refractivity contribution in [1.82, 2.24) is 4.90 Å². The first-order valence-corrected chi connectivity index (χ1v) is 9.38. The number of aliphatic hydroxyl groups is 2. The second kappa shape index (κ2) is 6.02. The number of rotatable bonds is 2. The molecule has 3 aliphatic rings. The number of nitrogens with zero attached hydrogens (tertiary/aromatic N) is 1. The highest BCUT2D eigenvalue weighted by Gasteiger charge is 2.66. The minimum atomic E-state index is -1.71. The molecule has 6 atom stereocenters. The zero-order valence-electron chi connectivity index (χ0n) is 14.1. The molecule has 0 radical (unpaired) electrons. The number of carbonyl (C=O) groups excluding carboxylic acids is 2. The topological polar surface area (TPSA) is 107 Å². The van der Waals surface area contributed by atoms with Crippen LogP contribution in [0.3, 0.4) is 0 Å². The molecule has 3 fully saturated rings. The van der Waals surface area contributed by atoms with Crippen LogP contribution in [0.1, 0.15) is 24.5 Å². The average molecular weight is 426 g/mol. The number of aromatic hydroxyl groups is 1. The first-order chi connectivity index (χ1) is 12.3. The van der Waals surface area contributed by atoms with Gasteiger partial charge in [0.15, 0.2) is 5.79 Å². The Morgan fingerprint density at radius 1 is 1.31 bits per heavy atom. The molecule has 1 saturated carbocycles. The molecule has 2 aliphatic heterocycles. The second-order valence-electron chi connectivity index (χ2n) is 7.39. The summed E-state index contributed by atoms with van der Waals surface area (Å²) in [6.45, 7) is -0.349. The Morgan fingerprint density at radius 3 is 2.73 bits per heavy atom. The molecule has 26 heavy (non-hydrogen) atoms. The van der Waals surface area contributed by atoms with Gasteiger partial charge in [-0.3, -0.25) is 14.5 Å². The van der Waals surface area contributed by atoms with E-state index >= 15 is 0 Å². The number of benzene rings is 1. The van der Waals surface area contributed by atoms with Crippen LogP contribution in [0.15, 0.2) is 22.7 Å². The number of hydrogen-bond acceptors (Lipinski definition) is 6. The summed E-state index contributed by atoms with van der Waals surface area (Å²) in [6.07, 6.45) is -0.158. The smallest absolute Gasteiger partial charge is 0.233 e. The van der Waals surface area contributed by atoms with Gasteiger partial charge in [0.2, 0.25) is 11.8 Å². The van der Waals surface area contributed by atoms with E-state index in [1.807, 2.05) is 0 Å². The SMILES string of the molecule is CN1C(=O)[C@H]2[C@H](C[C@H](CO)[C@@]3(O)O[C@H](c4cc(Br)ccc4O)C[C@@H]23)C1=O. The van der Waals surface area contributed by atoms with Crippen molar-refractivity contribution in [2.24, 2.45) is 23.7 Å². The number of carbonyl (C=O) groups is 2. The maximum atomic E-state index is 12.6. The van der Waals surface area contributed by atoms with Crippen molar-refractivity contribution in [1.29, 1.82) is 0 Å². The number of aliphatic hydroxyl groups excluding tert-OH is 1. The van der Waals surface area contributed by atoms with Crippen molar-refractivity contribution in [2.45, 2.75) is 24.7 Å². The number of likely N-dealkylation sites (tertiary alicyclic amines) is 1. The second-order valence-corrected chi connectivity index (χ2v) is 8.30. The number of amides is 2. The number of phenols is 1. The first-order valence-electron chi connectivity index (χ1n) is 8.58. The van der Waals surface area contributed by atoms with Gasteiger partial charge < -0.3 is 20.1 Å². The minimum absolute atomic E-state index is 0.0310. The molecular formula is C18H20BrNO6. The van der Waals surface area contributed by atoms with Crippen molar-refractivity contribution in [2.75, 3.05) is 13.7 Å². The lowest BCUT2D eigenvalue weighted by molar-refractivity contribution is -0.274. The van der Waals surface area contributed by atoms with Crippen LogP contribution in [0.2, 0.25) is 0 Å². The van der Waals surface area contributed by atoms with Gasteiger partial charge in [0.05, 0.1) is 24.5 Å². The molecule has 0 bridgehead atoms. The fraction of sp³-hybridized carbons (Fsp3) is 0.556. The molecule has 2 saturated heterocycles. The van der Waals surface area contributed by atoms with Crippen molar-refractivity contribution < 1.29 is 29.6 Å². The predicted octanol–water partition coefficient (Wildman–Crippen LogP) is 1.16. The fourth-order valence-corrected chi connectivity index (χ4v) is 5.21. The minimum Gasteiger partial charge on any atom is -0.508 e. The van der Waals surface area contributed by atoms with Crippen LogP contribution in [0.25, 0.3) is 0 Å². The molecule has 7 nitrogen and oxygen atoms in total. The summed E-state index contributed by atoms with van der Waals surface area (Å²) in [4.78, 5) is 26.1.